The van der Waals surface area contributed by atoms with Crippen molar-refractivity contribution in [1.82, 2.24) is 4.90 Å². The smallest absolute Gasteiger partial charge is 0.235 e. The van der Waals surface area contributed by atoms with Gasteiger partial charge in [-0.05, 0) is 43.3 Å². The summed E-state index contributed by atoms with van der Waals surface area (Å²) in [6.45, 7) is 4.97. The van der Waals surface area contributed by atoms with Crippen molar-refractivity contribution in [2.24, 2.45) is 0 Å². The van der Waals surface area contributed by atoms with Crippen molar-refractivity contribution < 1.29 is 19.0 Å². The second kappa shape index (κ2) is 7.83. The third kappa shape index (κ3) is 3.71. The normalized spacial score (nSPS) is 15.1. The number of hydrogen-bond acceptors (Lipinski definition) is 6. The number of halogens is 1. The van der Waals surface area contributed by atoms with E-state index >= 15 is 0 Å². The van der Waals surface area contributed by atoms with E-state index in [1.807, 2.05) is 0 Å². The first-order chi connectivity index (χ1) is 13.5. The van der Waals surface area contributed by atoms with Gasteiger partial charge in [-0.2, -0.15) is 0 Å². The zero-order chi connectivity index (χ0) is 19.7. The number of nitrogens with zero attached hydrogens (tertiary/aromatic N) is 1. The molecule has 1 aromatic heterocycles. The van der Waals surface area contributed by atoms with Crippen LogP contribution in [0.3, 0.4) is 0 Å². The van der Waals surface area contributed by atoms with Gasteiger partial charge in [-0.3, -0.25) is 9.69 Å². The first kappa shape index (κ1) is 18.8. The van der Waals surface area contributed by atoms with Crippen molar-refractivity contribution in [2.45, 2.75) is 13.5 Å². The number of ether oxygens (including phenoxy) is 2. The van der Waals surface area contributed by atoms with Crippen molar-refractivity contribution in [1.29, 1.82) is 0 Å². The van der Waals surface area contributed by atoms with Gasteiger partial charge in [0.2, 0.25) is 11.2 Å². The van der Waals surface area contributed by atoms with Gasteiger partial charge in [0, 0.05) is 24.7 Å². The van der Waals surface area contributed by atoms with Gasteiger partial charge < -0.3 is 19.0 Å². The van der Waals surface area contributed by atoms with E-state index in [4.69, 9.17) is 25.5 Å². The number of benzene rings is 2. The minimum absolute atomic E-state index is 0.105. The highest BCUT2D eigenvalue weighted by molar-refractivity contribution is 6.30. The minimum Gasteiger partial charge on any atom is -0.507 e. The first-order valence-corrected chi connectivity index (χ1v) is 9.42. The van der Waals surface area contributed by atoms with E-state index in [0.29, 0.717) is 52.8 Å². The molecule has 1 N–H and O–H groups in total. The Labute approximate surface area is 166 Å². The molecule has 28 heavy (non-hydrogen) atoms. The number of phenols is 1. The van der Waals surface area contributed by atoms with Gasteiger partial charge in [-0.1, -0.05) is 11.6 Å². The predicted octanol–water partition coefficient (Wildman–Crippen LogP) is 4.08. The summed E-state index contributed by atoms with van der Waals surface area (Å²) in [5.74, 6) is 1.07. The first-order valence-electron chi connectivity index (χ1n) is 9.04. The molecule has 1 aliphatic heterocycles. The van der Waals surface area contributed by atoms with Gasteiger partial charge in [0.1, 0.15) is 22.8 Å². The zero-order valence-electron chi connectivity index (χ0n) is 15.4. The third-order valence-corrected chi connectivity index (χ3v) is 5.03. The second-order valence-electron chi connectivity index (χ2n) is 6.70. The number of morpholine rings is 1. The molecule has 1 aliphatic rings. The number of aromatic hydroxyl groups is 1. The van der Waals surface area contributed by atoms with Gasteiger partial charge in [0.05, 0.1) is 24.2 Å². The summed E-state index contributed by atoms with van der Waals surface area (Å²) in [5, 5.41) is 11.3. The summed E-state index contributed by atoms with van der Waals surface area (Å²) in [6, 6.07) is 9.84. The molecule has 0 saturated carbocycles. The summed E-state index contributed by atoms with van der Waals surface area (Å²) >= 11 is 5.90. The maximum atomic E-state index is 13.1. The van der Waals surface area contributed by atoms with Crippen molar-refractivity contribution >= 4 is 22.6 Å². The molecule has 146 valence electrons. The van der Waals surface area contributed by atoms with Crippen LogP contribution in [0.2, 0.25) is 5.02 Å². The highest BCUT2D eigenvalue weighted by Gasteiger charge is 2.21. The molecule has 0 amide bonds. The number of phenolic OH excluding ortho intramolecular Hbond substituents is 1. The van der Waals surface area contributed by atoms with Crippen LogP contribution in [0.15, 0.2) is 45.6 Å². The Hall–Kier alpha value is -2.54. The van der Waals surface area contributed by atoms with Crippen LogP contribution in [0, 0.1) is 6.92 Å². The zero-order valence-corrected chi connectivity index (χ0v) is 16.2. The highest BCUT2D eigenvalue weighted by Crippen LogP contribution is 2.32. The number of aryl methyl sites for hydroxylation is 1. The van der Waals surface area contributed by atoms with E-state index in [-0.39, 0.29) is 16.9 Å². The van der Waals surface area contributed by atoms with Crippen LogP contribution in [0.1, 0.15) is 11.3 Å². The average Bonchev–Trinajstić information content (AvgIpc) is 2.70. The Balaban J connectivity index is 1.75. The Kier molecular flexibility index (Phi) is 5.26. The highest BCUT2D eigenvalue weighted by atomic mass is 35.5. The molecule has 0 aliphatic carbocycles. The van der Waals surface area contributed by atoms with Crippen LogP contribution in [0.25, 0.3) is 11.0 Å². The molecule has 0 atom stereocenters. The van der Waals surface area contributed by atoms with Crippen LogP contribution >= 0.6 is 11.6 Å². The predicted molar refractivity (Wildman–Crippen MR) is 107 cm³/mol. The topological polar surface area (TPSA) is 72.1 Å². The standard InChI is InChI=1S/C21H20ClNO5/c1-13-20(28-15-4-2-14(22)3-5-15)19(25)16-6-7-18(24)17(21(16)27-13)12-23-8-10-26-11-9-23/h2-7,24H,8-12H2,1H3. The molecule has 0 bridgehead atoms. The van der Waals surface area contributed by atoms with Gasteiger partial charge in [0.15, 0.2) is 0 Å². The van der Waals surface area contributed by atoms with Crippen molar-refractivity contribution in [3.63, 3.8) is 0 Å². The van der Waals surface area contributed by atoms with Crippen LogP contribution in [0.4, 0.5) is 0 Å². The lowest BCUT2D eigenvalue weighted by molar-refractivity contribution is 0.0339. The Morgan fingerprint density at radius 1 is 1.14 bits per heavy atom. The van der Waals surface area contributed by atoms with Crippen molar-refractivity contribution in [3.05, 3.63) is 63.0 Å². The van der Waals surface area contributed by atoms with E-state index in [1.54, 1.807) is 37.3 Å². The van der Waals surface area contributed by atoms with Crippen LogP contribution < -0.4 is 10.2 Å². The molecule has 1 saturated heterocycles. The van der Waals surface area contributed by atoms with E-state index in [0.717, 1.165) is 13.1 Å². The maximum Gasteiger partial charge on any atom is 0.235 e. The molecule has 6 nitrogen and oxygen atoms in total. The van der Waals surface area contributed by atoms with E-state index < -0.39 is 0 Å². The molecule has 0 unspecified atom stereocenters. The molecule has 1 fully saturated rings. The lowest BCUT2D eigenvalue weighted by Gasteiger charge is -2.27. The molecule has 2 aromatic carbocycles. The summed E-state index contributed by atoms with van der Waals surface area (Å²) in [4.78, 5) is 15.2. The van der Waals surface area contributed by atoms with Gasteiger partial charge in [-0.15, -0.1) is 0 Å². The second-order valence-corrected chi connectivity index (χ2v) is 7.14. The van der Waals surface area contributed by atoms with Gasteiger partial charge in [-0.25, -0.2) is 0 Å². The lowest BCUT2D eigenvalue weighted by Crippen LogP contribution is -2.35. The van der Waals surface area contributed by atoms with E-state index in [9.17, 15) is 9.90 Å². The SMILES string of the molecule is Cc1oc2c(CN3CCOCC3)c(O)ccc2c(=O)c1Oc1ccc(Cl)cc1. The molecule has 4 rings (SSSR count). The summed E-state index contributed by atoms with van der Waals surface area (Å²) in [5.41, 5.74) is 0.701. The van der Waals surface area contributed by atoms with Crippen LogP contribution in [-0.4, -0.2) is 36.3 Å². The summed E-state index contributed by atoms with van der Waals surface area (Å²) < 4.78 is 17.1. The maximum absolute atomic E-state index is 13.1. The Bertz CT molecular complexity index is 1060. The number of rotatable bonds is 4. The van der Waals surface area contributed by atoms with Crippen LogP contribution in [0.5, 0.6) is 17.2 Å². The number of fused-ring (bicyclic) bond motifs is 1. The molecule has 7 heteroatoms. The summed E-state index contributed by atoms with van der Waals surface area (Å²) in [7, 11) is 0. The van der Waals surface area contributed by atoms with Crippen molar-refractivity contribution in [3.8, 4) is 17.2 Å². The third-order valence-electron chi connectivity index (χ3n) is 4.78. The fourth-order valence-electron chi connectivity index (χ4n) is 3.27. The lowest BCUT2D eigenvalue weighted by atomic mass is 10.1. The van der Waals surface area contributed by atoms with E-state index in [1.165, 1.54) is 6.07 Å². The largest absolute Gasteiger partial charge is 0.507 e. The molecule has 0 spiro atoms. The monoisotopic (exact) mass is 401 g/mol. The molecule has 3 aromatic rings. The Morgan fingerprint density at radius 3 is 2.57 bits per heavy atom. The molecular weight excluding hydrogens is 382 g/mol. The van der Waals surface area contributed by atoms with Crippen molar-refractivity contribution in [2.75, 3.05) is 26.3 Å². The molecule has 0 radical (unpaired) electrons. The quantitative estimate of drug-likeness (QED) is 0.710. The number of hydrogen-bond donors (Lipinski definition) is 1. The molecule has 2 heterocycles. The summed E-state index contributed by atoms with van der Waals surface area (Å²) in [6.07, 6.45) is 0. The van der Waals surface area contributed by atoms with Crippen LogP contribution in [-0.2, 0) is 11.3 Å². The fourth-order valence-corrected chi connectivity index (χ4v) is 3.39. The average molecular weight is 402 g/mol. The molecular formula is C21H20ClNO5. The minimum atomic E-state index is -0.281. The van der Waals surface area contributed by atoms with Gasteiger partial charge in [0.25, 0.3) is 0 Å². The Morgan fingerprint density at radius 2 is 1.86 bits per heavy atom. The van der Waals surface area contributed by atoms with E-state index in [2.05, 4.69) is 4.90 Å². The fraction of sp³-hybridized carbons (Fsp3) is 0.286. The van der Waals surface area contributed by atoms with Gasteiger partial charge >= 0.3 is 0 Å².